The molecule has 6 heteroatoms. The maximum absolute atomic E-state index is 13.5. The number of hydrogen-bond donors (Lipinski definition) is 1. The molecule has 0 fully saturated rings. The third-order valence-corrected chi connectivity index (χ3v) is 2.82. The number of anilines is 1. The lowest BCUT2D eigenvalue weighted by Gasteiger charge is -2.11. The van der Waals surface area contributed by atoms with Crippen LogP contribution in [0.4, 0.5) is 15.8 Å². The van der Waals surface area contributed by atoms with E-state index in [0.717, 1.165) is 0 Å². The summed E-state index contributed by atoms with van der Waals surface area (Å²) in [6.45, 7) is 0.265. The molecule has 1 N–H and O–H groups in total. The van der Waals surface area contributed by atoms with E-state index in [4.69, 9.17) is 4.74 Å². The summed E-state index contributed by atoms with van der Waals surface area (Å²) in [6.07, 6.45) is 0. The molecule has 5 nitrogen and oxygen atoms in total. The van der Waals surface area contributed by atoms with Crippen molar-refractivity contribution in [3.63, 3.8) is 0 Å². The van der Waals surface area contributed by atoms with Gasteiger partial charge in [-0.15, -0.1) is 0 Å². The second kappa shape index (κ2) is 6.01. The molecular formula is C14H13FN2O3. The number of ether oxygens (including phenoxy) is 1. The largest absolute Gasteiger partial charge is 0.494 e. The normalized spacial score (nSPS) is 10.1. The van der Waals surface area contributed by atoms with Crippen molar-refractivity contribution in [2.45, 2.75) is 6.54 Å². The highest BCUT2D eigenvalue weighted by molar-refractivity contribution is 5.60. The van der Waals surface area contributed by atoms with E-state index < -0.39 is 4.92 Å². The minimum Gasteiger partial charge on any atom is -0.494 e. The van der Waals surface area contributed by atoms with Crippen LogP contribution in [-0.2, 0) is 6.54 Å². The predicted molar refractivity (Wildman–Crippen MR) is 73.4 cm³/mol. The quantitative estimate of drug-likeness (QED) is 0.671. The van der Waals surface area contributed by atoms with Crippen LogP contribution in [0.5, 0.6) is 5.75 Å². The van der Waals surface area contributed by atoms with Crippen LogP contribution in [0.3, 0.4) is 0 Å². The molecule has 0 radical (unpaired) electrons. The Hall–Kier alpha value is -2.63. The minimum atomic E-state index is -0.497. The van der Waals surface area contributed by atoms with E-state index in [1.165, 1.54) is 31.4 Å². The van der Waals surface area contributed by atoms with Gasteiger partial charge in [0.15, 0.2) is 0 Å². The molecule has 0 aliphatic carbocycles. The first kappa shape index (κ1) is 13.8. The summed E-state index contributed by atoms with van der Waals surface area (Å²) in [5.74, 6) is 0.0383. The molecule has 0 bridgehead atoms. The van der Waals surface area contributed by atoms with Gasteiger partial charge in [-0.25, -0.2) is 4.39 Å². The summed E-state index contributed by atoms with van der Waals surface area (Å²) in [6, 6.07) is 10.6. The van der Waals surface area contributed by atoms with Crippen LogP contribution in [0.2, 0.25) is 0 Å². The molecule has 0 heterocycles. The van der Waals surface area contributed by atoms with Crippen molar-refractivity contribution < 1.29 is 14.1 Å². The zero-order valence-electron chi connectivity index (χ0n) is 10.8. The molecule has 0 saturated carbocycles. The topological polar surface area (TPSA) is 64.4 Å². The number of benzene rings is 2. The molecule has 0 amide bonds. The number of nitrogens with one attached hydrogen (secondary N) is 1. The van der Waals surface area contributed by atoms with E-state index in [1.54, 1.807) is 18.2 Å². The van der Waals surface area contributed by atoms with Gasteiger partial charge in [0.05, 0.1) is 23.8 Å². The molecule has 2 aromatic carbocycles. The monoisotopic (exact) mass is 276 g/mol. The van der Waals surface area contributed by atoms with Gasteiger partial charge in [0.25, 0.3) is 5.69 Å². The molecule has 104 valence electrons. The van der Waals surface area contributed by atoms with Crippen molar-refractivity contribution in [1.29, 1.82) is 0 Å². The number of nitrogens with zero attached hydrogens (tertiary/aromatic N) is 1. The van der Waals surface area contributed by atoms with E-state index >= 15 is 0 Å². The first-order valence-electron chi connectivity index (χ1n) is 5.91. The third-order valence-electron chi connectivity index (χ3n) is 2.82. The van der Waals surface area contributed by atoms with Gasteiger partial charge in [0.1, 0.15) is 11.6 Å². The molecule has 0 atom stereocenters. The summed E-state index contributed by atoms with van der Waals surface area (Å²) < 4.78 is 18.6. The highest BCUT2D eigenvalue weighted by Gasteiger charge is 2.11. The Bertz CT molecular complexity index is 632. The van der Waals surface area contributed by atoms with E-state index in [2.05, 4.69) is 5.32 Å². The highest BCUT2D eigenvalue weighted by Crippen LogP contribution is 2.29. The minimum absolute atomic E-state index is 0.0571. The van der Waals surface area contributed by atoms with E-state index in [9.17, 15) is 14.5 Å². The van der Waals surface area contributed by atoms with E-state index in [-0.39, 0.29) is 18.0 Å². The lowest BCUT2D eigenvalue weighted by atomic mass is 10.2. The zero-order chi connectivity index (χ0) is 14.5. The van der Waals surface area contributed by atoms with Crippen LogP contribution in [0, 0.1) is 15.9 Å². The summed E-state index contributed by atoms with van der Waals surface area (Å²) in [5.41, 5.74) is 1.02. The maximum atomic E-state index is 13.5. The second-order valence-corrected chi connectivity index (χ2v) is 4.09. The Morgan fingerprint density at radius 2 is 2.05 bits per heavy atom. The average Bonchev–Trinajstić information content (AvgIpc) is 2.46. The second-order valence-electron chi connectivity index (χ2n) is 4.09. The third kappa shape index (κ3) is 3.03. The zero-order valence-corrected chi connectivity index (χ0v) is 10.8. The Balaban J connectivity index is 2.17. The van der Waals surface area contributed by atoms with Gasteiger partial charge in [-0.1, -0.05) is 18.2 Å². The van der Waals surface area contributed by atoms with Crippen molar-refractivity contribution in [3.8, 4) is 5.75 Å². The fraction of sp³-hybridized carbons (Fsp3) is 0.143. The molecule has 2 aromatic rings. The predicted octanol–water partition coefficient (Wildman–Crippen LogP) is 3.35. The number of methoxy groups -OCH3 is 1. The molecule has 20 heavy (non-hydrogen) atoms. The molecule has 0 aliphatic rings. The van der Waals surface area contributed by atoms with Crippen molar-refractivity contribution in [1.82, 2.24) is 0 Å². The number of nitro groups is 1. The lowest BCUT2D eigenvalue weighted by molar-refractivity contribution is -0.384. The fourth-order valence-corrected chi connectivity index (χ4v) is 1.77. The maximum Gasteiger partial charge on any atom is 0.273 e. The van der Waals surface area contributed by atoms with Crippen molar-refractivity contribution in [2.75, 3.05) is 12.4 Å². The van der Waals surface area contributed by atoms with Gasteiger partial charge in [-0.2, -0.15) is 0 Å². The van der Waals surface area contributed by atoms with E-state index in [0.29, 0.717) is 17.0 Å². The number of nitro benzene ring substituents is 1. The van der Waals surface area contributed by atoms with Gasteiger partial charge in [-0.05, 0) is 12.1 Å². The molecule has 2 rings (SSSR count). The summed E-state index contributed by atoms with van der Waals surface area (Å²) in [7, 11) is 1.42. The van der Waals surface area contributed by atoms with Crippen LogP contribution in [0.25, 0.3) is 0 Å². The van der Waals surface area contributed by atoms with Gasteiger partial charge in [0, 0.05) is 18.2 Å². The molecule has 0 aliphatic heterocycles. The molecular weight excluding hydrogens is 263 g/mol. The smallest absolute Gasteiger partial charge is 0.273 e. The van der Waals surface area contributed by atoms with Gasteiger partial charge in [-0.3, -0.25) is 10.1 Å². The van der Waals surface area contributed by atoms with Crippen LogP contribution >= 0.6 is 0 Å². The number of halogens is 1. The van der Waals surface area contributed by atoms with Crippen LogP contribution in [-0.4, -0.2) is 12.0 Å². The summed E-state index contributed by atoms with van der Waals surface area (Å²) >= 11 is 0. The van der Waals surface area contributed by atoms with Crippen molar-refractivity contribution in [3.05, 3.63) is 64.0 Å². The Morgan fingerprint density at radius 3 is 2.70 bits per heavy atom. The summed E-state index contributed by atoms with van der Waals surface area (Å²) in [4.78, 5) is 10.2. The Kier molecular flexibility index (Phi) is 4.14. The number of hydrogen-bond acceptors (Lipinski definition) is 4. The number of non-ortho nitro benzene ring substituents is 1. The van der Waals surface area contributed by atoms with Gasteiger partial charge < -0.3 is 10.1 Å². The SMILES string of the molecule is COc1cc([N+](=O)[O-])ccc1NCc1ccccc1F. The van der Waals surface area contributed by atoms with Crippen LogP contribution in [0.1, 0.15) is 5.56 Å². The molecule has 0 spiro atoms. The highest BCUT2D eigenvalue weighted by atomic mass is 19.1. The Morgan fingerprint density at radius 1 is 1.30 bits per heavy atom. The van der Waals surface area contributed by atoms with Crippen LogP contribution < -0.4 is 10.1 Å². The number of rotatable bonds is 5. The molecule has 0 unspecified atom stereocenters. The lowest BCUT2D eigenvalue weighted by Crippen LogP contribution is -2.03. The Labute approximate surface area is 115 Å². The summed E-state index contributed by atoms with van der Waals surface area (Å²) in [5, 5.41) is 13.7. The van der Waals surface area contributed by atoms with Gasteiger partial charge in [0.2, 0.25) is 0 Å². The van der Waals surface area contributed by atoms with E-state index in [1.807, 2.05) is 0 Å². The van der Waals surface area contributed by atoms with Crippen molar-refractivity contribution in [2.24, 2.45) is 0 Å². The standard InChI is InChI=1S/C14H13FN2O3/c1-20-14-8-11(17(18)19)6-7-13(14)16-9-10-4-2-3-5-12(10)15/h2-8,16H,9H2,1H3. The first-order chi connectivity index (χ1) is 9.61. The fourth-order valence-electron chi connectivity index (χ4n) is 1.77. The molecule has 0 aromatic heterocycles. The first-order valence-corrected chi connectivity index (χ1v) is 5.91. The van der Waals surface area contributed by atoms with Crippen molar-refractivity contribution >= 4 is 11.4 Å². The van der Waals surface area contributed by atoms with Gasteiger partial charge >= 0.3 is 0 Å². The molecule has 0 saturated heterocycles. The average molecular weight is 276 g/mol. The van der Waals surface area contributed by atoms with Crippen LogP contribution in [0.15, 0.2) is 42.5 Å².